The number of pyridine rings is 4. The minimum Gasteiger partial charge on any atom is -0.384 e. The van der Waals surface area contributed by atoms with Crippen molar-refractivity contribution in [2.45, 2.75) is 38.8 Å². The van der Waals surface area contributed by atoms with Crippen LogP contribution in [0.4, 0.5) is 40.5 Å². The second-order valence-corrected chi connectivity index (χ2v) is 15.6. The maximum atomic E-state index is 12.3. The fourth-order valence-corrected chi connectivity index (χ4v) is 5.89. The number of anilines is 7. The number of nitrogens with one attached hydrogen (secondary N) is 7. The van der Waals surface area contributed by atoms with Crippen molar-refractivity contribution in [3.63, 3.8) is 0 Å². The molecule has 0 unspecified atom stereocenters. The van der Waals surface area contributed by atoms with Crippen LogP contribution in [0, 0.1) is 6.92 Å². The number of rotatable bonds is 13. The highest BCUT2D eigenvalue weighted by atomic mass is 35.5. The van der Waals surface area contributed by atoms with E-state index >= 15 is 0 Å². The van der Waals surface area contributed by atoms with Crippen LogP contribution in [-0.2, 0) is 32.5 Å². The number of carbonyl (C=O) groups is 4. The summed E-state index contributed by atoms with van der Waals surface area (Å²) in [6.45, 7) is 5.67. The van der Waals surface area contributed by atoms with E-state index in [9.17, 15) is 27.6 Å². The zero-order valence-corrected chi connectivity index (χ0v) is 37.0. The van der Waals surface area contributed by atoms with Gasteiger partial charge in [0, 0.05) is 84.2 Å². The Balaban J connectivity index is 0.000000242. The topological polar surface area (TPSA) is 316 Å². The van der Waals surface area contributed by atoms with Crippen molar-refractivity contribution in [2.75, 3.05) is 42.0 Å². The summed E-state index contributed by atoms with van der Waals surface area (Å²) in [5, 5.41) is 34.8. The number of hydrogen-bond donors (Lipinski definition) is 8. The molecule has 0 radical (unpaired) electrons. The van der Waals surface area contributed by atoms with Crippen molar-refractivity contribution in [2.24, 2.45) is 0 Å². The first-order valence-electron chi connectivity index (χ1n) is 18.8. The summed E-state index contributed by atoms with van der Waals surface area (Å²) in [4.78, 5) is 61.9. The Hall–Kier alpha value is -7.92. The maximum absolute atomic E-state index is 12.3. The van der Waals surface area contributed by atoms with Gasteiger partial charge in [0.25, 0.3) is 11.8 Å². The quantitative estimate of drug-likeness (QED) is 0.0823. The highest BCUT2D eigenvalue weighted by molar-refractivity contribution is 7.90. The van der Waals surface area contributed by atoms with Crippen molar-refractivity contribution in [1.82, 2.24) is 61.6 Å². The van der Waals surface area contributed by atoms with E-state index in [1.165, 1.54) is 58.4 Å². The number of halogens is 1. The molecule has 0 spiro atoms. The van der Waals surface area contributed by atoms with E-state index in [4.69, 9.17) is 17.3 Å². The normalized spacial score (nSPS) is 10.4. The lowest BCUT2D eigenvalue weighted by Crippen LogP contribution is -2.22. The number of sulfone groups is 1. The number of nitrogens with zero attached hydrogens (tertiary/aromatic N) is 8. The standard InChI is InChI=1S/C20H22N8O4S.C12H12ClN5O.C8H11N3O/c1-12(29)23-10-13-6-7-16(24-11-13)26-17-9-14(18(28-27-17)20(30)21-2)25-19-15(33(3,31)32)5-4-8-22-19;1-7-4-3-5-15-11(7)16-8-6-9(13)17-18-10(8)12(19)14-2;1-6(12)10-4-7-2-3-8(9)11-5-7/h4-9,11H,10H2,1-3H3,(H,21,30)(H,23,29)(H2,22,24,25,26,27);3-6H,1-2H3,(H,14,19)(H,15,16,17);2-3,5H,4H2,1H3,(H2,9,11)(H,10,12). The Bertz CT molecular complexity index is 2690. The zero-order chi connectivity index (χ0) is 46.8. The van der Waals surface area contributed by atoms with Crippen LogP contribution in [0.15, 0.2) is 90.3 Å². The number of carbonyl (C=O) groups excluding carboxylic acids is 4. The average Bonchev–Trinajstić information content (AvgIpc) is 3.26. The van der Waals surface area contributed by atoms with Crippen LogP contribution in [0.1, 0.15) is 51.5 Å². The van der Waals surface area contributed by atoms with Gasteiger partial charge in [0.1, 0.15) is 28.2 Å². The fourth-order valence-electron chi connectivity index (χ4n) is 4.97. The molecule has 0 fully saturated rings. The SMILES string of the molecule is CC(=O)NCc1ccc(N)nc1.CNC(=O)c1nnc(Cl)cc1Nc1ncccc1C.CNC(=O)c1nnc(Nc2ccc(CNC(C)=O)cn2)cc1Nc1ncccc1S(C)(=O)=O. The molecule has 4 amide bonds. The molecule has 0 bridgehead atoms. The van der Waals surface area contributed by atoms with Gasteiger partial charge in [0.2, 0.25) is 11.8 Å². The van der Waals surface area contributed by atoms with E-state index in [1.54, 1.807) is 36.8 Å². The number of hydrogen-bond acceptors (Lipinski definition) is 18. The van der Waals surface area contributed by atoms with Gasteiger partial charge < -0.3 is 43.0 Å². The Labute approximate surface area is 373 Å². The average molecular weight is 913 g/mol. The summed E-state index contributed by atoms with van der Waals surface area (Å²) in [5.41, 5.74) is 8.85. The van der Waals surface area contributed by atoms with Gasteiger partial charge >= 0.3 is 0 Å². The molecule has 0 saturated carbocycles. The molecular weight excluding hydrogens is 868 g/mol. The third-order valence-electron chi connectivity index (χ3n) is 8.14. The number of aryl methyl sites for hydroxylation is 1. The molecule has 24 heteroatoms. The van der Waals surface area contributed by atoms with Crippen molar-refractivity contribution in [3.05, 3.63) is 119 Å². The second kappa shape index (κ2) is 23.3. The molecule has 0 aliphatic heterocycles. The lowest BCUT2D eigenvalue weighted by Gasteiger charge is -2.13. The molecule has 0 atom stereocenters. The minimum atomic E-state index is -3.58. The van der Waals surface area contributed by atoms with Crippen LogP contribution in [0.3, 0.4) is 0 Å². The molecule has 6 aromatic heterocycles. The van der Waals surface area contributed by atoms with Crippen molar-refractivity contribution in [3.8, 4) is 0 Å². The number of amides is 4. The van der Waals surface area contributed by atoms with Crippen LogP contribution in [0.5, 0.6) is 0 Å². The zero-order valence-electron chi connectivity index (χ0n) is 35.4. The first-order chi connectivity index (χ1) is 30.5. The van der Waals surface area contributed by atoms with E-state index in [1.807, 2.05) is 25.1 Å². The smallest absolute Gasteiger partial charge is 0.273 e. The largest absolute Gasteiger partial charge is 0.384 e. The summed E-state index contributed by atoms with van der Waals surface area (Å²) in [5.74, 6) is 0.813. The summed E-state index contributed by atoms with van der Waals surface area (Å²) in [6, 6.07) is 16.7. The molecule has 0 aromatic carbocycles. The summed E-state index contributed by atoms with van der Waals surface area (Å²) < 4.78 is 24.2. The van der Waals surface area contributed by atoms with Gasteiger partial charge in [-0.3, -0.25) is 19.2 Å². The molecule has 334 valence electrons. The third-order valence-corrected chi connectivity index (χ3v) is 9.45. The summed E-state index contributed by atoms with van der Waals surface area (Å²) >= 11 is 5.80. The Morgan fingerprint density at radius 3 is 1.73 bits per heavy atom. The molecule has 0 aliphatic carbocycles. The Kier molecular flexibility index (Phi) is 17.8. The van der Waals surface area contributed by atoms with Gasteiger partial charge in [-0.05, 0) is 53.9 Å². The highest BCUT2D eigenvalue weighted by Crippen LogP contribution is 2.27. The van der Waals surface area contributed by atoms with Crippen molar-refractivity contribution in [1.29, 1.82) is 0 Å². The van der Waals surface area contributed by atoms with Crippen molar-refractivity contribution >= 4 is 85.5 Å². The lowest BCUT2D eigenvalue weighted by molar-refractivity contribution is -0.120. The number of nitrogen functional groups attached to an aromatic ring is 1. The molecule has 0 aliphatic rings. The van der Waals surface area contributed by atoms with Crippen LogP contribution in [-0.4, -0.2) is 92.7 Å². The Morgan fingerprint density at radius 2 is 1.20 bits per heavy atom. The predicted octanol–water partition coefficient (Wildman–Crippen LogP) is 3.39. The predicted molar refractivity (Wildman–Crippen MR) is 240 cm³/mol. The van der Waals surface area contributed by atoms with Crippen LogP contribution >= 0.6 is 11.6 Å². The van der Waals surface area contributed by atoms with Gasteiger partial charge in [-0.2, -0.15) is 0 Å². The highest BCUT2D eigenvalue weighted by Gasteiger charge is 2.20. The van der Waals surface area contributed by atoms with Crippen molar-refractivity contribution < 1.29 is 27.6 Å². The van der Waals surface area contributed by atoms with Crippen LogP contribution in [0.25, 0.3) is 0 Å². The molecule has 22 nitrogen and oxygen atoms in total. The summed E-state index contributed by atoms with van der Waals surface area (Å²) in [7, 11) is -0.617. The van der Waals surface area contributed by atoms with Crippen LogP contribution < -0.4 is 43.0 Å². The third kappa shape index (κ3) is 15.2. The first-order valence-corrected chi connectivity index (χ1v) is 21.1. The molecule has 6 heterocycles. The van der Waals surface area contributed by atoms with Crippen LogP contribution in [0.2, 0.25) is 5.15 Å². The summed E-state index contributed by atoms with van der Waals surface area (Å²) in [6.07, 6.45) is 7.39. The van der Waals surface area contributed by atoms with Gasteiger partial charge in [-0.25, -0.2) is 28.4 Å². The Morgan fingerprint density at radius 1 is 0.656 bits per heavy atom. The molecule has 9 N–H and O–H groups in total. The number of aromatic nitrogens is 8. The minimum absolute atomic E-state index is 0.0318. The van der Waals surface area contributed by atoms with E-state index in [0.717, 1.165) is 22.9 Å². The van der Waals surface area contributed by atoms with Gasteiger partial charge in [0.05, 0.1) is 11.4 Å². The molecule has 6 rings (SSSR count). The van der Waals surface area contributed by atoms with Gasteiger partial charge in [-0.15, -0.1) is 20.4 Å². The van der Waals surface area contributed by atoms with E-state index in [-0.39, 0.29) is 56.5 Å². The van der Waals surface area contributed by atoms with Gasteiger partial charge in [0.15, 0.2) is 32.2 Å². The molecule has 0 saturated heterocycles. The molecule has 64 heavy (non-hydrogen) atoms. The first kappa shape index (κ1) is 48.7. The number of nitrogens with two attached hydrogens (primary N) is 1. The monoisotopic (exact) mass is 912 g/mol. The lowest BCUT2D eigenvalue weighted by atomic mass is 10.2. The molecular formula is C40H45ClN16O6S. The van der Waals surface area contributed by atoms with E-state index in [2.05, 4.69) is 77.5 Å². The molecule has 6 aromatic rings. The fraction of sp³-hybridized carbons (Fsp3) is 0.200. The van der Waals surface area contributed by atoms with E-state index < -0.39 is 15.7 Å². The van der Waals surface area contributed by atoms with Gasteiger partial charge in [-0.1, -0.05) is 29.8 Å². The maximum Gasteiger partial charge on any atom is 0.273 e. The van der Waals surface area contributed by atoms with E-state index in [0.29, 0.717) is 36.2 Å². The second-order valence-electron chi connectivity index (χ2n) is 13.2.